The smallest absolute Gasteiger partial charge is 0.212 e. The summed E-state index contributed by atoms with van der Waals surface area (Å²) < 4.78 is 5.04. The van der Waals surface area contributed by atoms with Crippen LogP contribution in [0, 0.1) is 0 Å². The fourth-order valence-electron chi connectivity index (χ4n) is 2.01. The molecule has 1 N–H and O–H groups in total. The van der Waals surface area contributed by atoms with Gasteiger partial charge in [-0.3, -0.25) is 0 Å². The third-order valence-corrected chi connectivity index (χ3v) is 2.93. The van der Waals surface area contributed by atoms with E-state index in [2.05, 4.69) is 21.4 Å². The molecule has 0 saturated heterocycles. The number of pyridine rings is 2. The van der Waals surface area contributed by atoms with E-state index in [0.29, 0.717) is 5.88 Å². The molecule has 0 bridgehead atoms. The SMILES string of the molecule is COc1ccc(-c2cnc3c(c2)CCN3)cn1. The highest BCUT2D eigenvalue weighted by Crippen LogP contribution is 2.26. The molecular weight excluding hydrogens is 214 g/mol. The van der Waals surface area contributed by atoms with Crippen LogP contribution in [0.3, 0.4) is 0 Å². The van der Waals surface area contributed by atoms with Crippen molar-refractivity contribution in [3.63, 3.8) is 0 Å². The van der Waals surface area contributed by atoms with Crippen molar-refractivity contribution in [3.05, 3.63) is 36.2 Å². The number of nitrogens with zero attached hydrogens (tertiary/aromatic N) is 2. The summed E-state index contributed by atoms with van der Waals surface area (Å²) in [7, 11) is 1.62. The van der Waals surface area contributed by atoms with Gasteiger partial charge in [0, 0.05) is 36.1 Å². The monoisotopic (exact) mass is 227 g/mol. The van der Waals surface area contributed by atoms with Crippen LogP contribution in [0.25, 0.3) is 11.1 Å². The first-order valence-electron chi connectivity index (χ1n) is 5.60. The number of nitrogens with one attached hydrogen (secondary N) is 1. The molecule has 0 atom stereocenters. The van der Waals surface area contributed by atoms with Crippen LogP contribution in [0.4, 0.5) is 5.82 Å². The molecule has 0 fully saturated rings. The second-order valence-electron chi connectivity index (χ2n) is 4.00. The van der Waals surface area contributed by atoms with E-state index in [9.17, 15) is 0 Å². The van der Waals surface area contributed by atoms with Crippen molar-refractivity contribution >= 4 is 5.82 Å². The Bertz CT molecular complexity index is 537. The Morgan fingerprint density at radius 3 is 2.82 bits per heavy atom. The predicted octanol–water partition coefficient (Wildman–Crippen LogP) is 2.12. The molecule has 0 aliphatic carbocycles. The van der Waals surface area contributed by atoms with Gasteiger partial charge in [-0.15, -0.1) is 0 Å². The minimum Gasteiger partial charge on any atom is -0.481 e. The van der Waals surface area contributed by atoms with Crippen molar-refractivity contribution in [2.75, 3.05) is 19.0 Å². The Morgan fingerprint density at radius 1 is 1.18 bits per heavy atom. The standard InChI is InChI=1S/C13H13N3O/c1-17-12-3-2-10(7-15-12)11-6-9-4-5-14-13(9)16-8-11/h2-3,6-8H,4-5H2,1H3,(H,14,16). The summed E-state index contributed by atoms with van der Waals surface area (Å²) in [5, 5.41) is 3.25. The van der Waals surface area contributed by atoms with Gasteiger partial charge in [0.25, 0.3) is 0 Å². The first-order chi connectivity index (χ1) is 8.36. The van der Waals surface area contributed by atoms with Crippen LogP contribution in [0.1, 0.15) is 5.56 Å². The van der Waals surface area contributed by atoms with Crippen molar-refractivity contribution in [1.82, 2.24) is 9.97 Å². The second-order valence-corrected chi connectivity index (χ2v) is 4.00. The van der Waals surface area contributed by atoms with Crippen molar-refractivity contribution in [1.29, 1.82) is 0 Å². The minimum atomic E-state index is 0.629. The van der Waals surface area contributed by atoms with Crippen LogP contribution < -0.4 is 10.1 Å². The van der Waals surface area contributed by atoms with Gasteiger partial charge in [0.2, 0.25) is 5.88 Å². The Hall–Kier alpha value is -2.10. The molecule has 3 heterocycles. The maximum atomic E-state index is 5.04. The van der Waals surface area contributed by atoms with Gasteiger partial charge in [-0.1, -0.05) is 0 Å². The van der Waals surface area contributed by atoms with Crippen LogP contribution in [0.5, 0.6) is 5.88 Å². The fourth-order valence-corrected chi connectivity index (χ4v) is 2.01. The molecule has 4 heteroatoms. The Balaban J connectivity index is 1.97. The number of methoxy groups -OCH3 is 1. The summed E-state index contributed by atoms with van der Waals surface area (Å²) in [4.78, 5) is 8.61. The van der Waals surface area contributed by atoms with Gasteiger partial charge in [-0.05, 0) is 24.1 Å². The number of aromatic nitrogens is 2. The lowest BCUT2D eigenvalue weighted by molar-refractivity contribution is 0.398. The zero-order chi connectivity index (χ0) is 11.7. The van der Waals surface area contributed by atoms with Crippen molar-refractivity contribution in [2.24, 2.45) is 0 Å². The quantitative estimate of drug-likeness (QED) is 0.853. The highest BCUT2D eigenvalue weighted by molar-refractivity contribution is 5.66. The summed E-state index contributed by atoms with van der Waals surface area (Å²) in [6.45, 7) is 0.979. The largest absolute Gasteiger partial charge is 0.481 e. The van der Waals surface area contributed by atoms with E-state index in [0.717, 1.165) is 29.9 Å². The summed E-state index contributed by atoms with van der Waals surface area (Å²) in [5.74, 6) is 1.64. The van der Waals surface area contributed by atoms with Gasteiger partial charge in [-0.25, -0.2) is 9.97 Å². The molecule has 0 unspecified atom stereocenters. The zero-order valence-electron chi connectivity index (χ0n) is 9.60. The lowest BCUT2D eigenvalue weighted by Gasteiger charge is -2.04. The van der Waals surface area contributed by atoms with Crippen LogP contribution in [0.15, 0.2) is 30.6 Å². The highest BCUT2D eigenvalue weighted by atomic mass is 16.5. The van der Waals surface area contributed by atoms with Gasteiger partial charge in [0.05, 0.1) is 7.11 Å². The average Bonchev–Trinajstić information content (AvgIpc) is 2.86. The first kappa shape index (κ1) is 10.1. The van der Waals surface area contributed by atoms with E-state index >= 15 is 0 Å². The van der Waals surface area contributed by atoms with E-state index in [1.165, 1.54) is 5.56 Å². The third kappa shape index (κ3) is 1.82. The maximum Gasteiger partial charge on any atom is 0.212 e. The number of anilines is 1. The highest BCUT2D eigenvalue weighted by Gasteiger charge is 2.12. The second kappa shape index (κ2) is 4.05. The average molecular weight is 227 g/mol. The number of fused-ring (bicyclic) bond motifs is 1. The summed E-state index contributed by atoms with van der Waals surface area (Å²) in [6.07, 6.45) is 4.73. The number of ether oxygens (including phenoxy) is 1. The summed E-state index contributed by atoms with van der Waals surface area (Å²) in [5.41, 5.74) is 3.44. The topological polar surface area (TPSA) is 47.0 Å². The lowest BCUT2D eigenvalue weighted by atomic mass is 10.1. The van der Waals surface area contributed by atoms with Crippen LogP contribution in [0.2, 0.25) is 0 Å². The molecule has 2 aromatic rings. The predicted molar refractivity (Wildman–Crippen MR) is 66.2 cm³/mol. The Labute approximate surface area is 99.7 Å². The van der Waals surface area contributed by atoms with Crippen LogP contribution in [-0.4, -0.2) is 23.6 Å². The van der Waals surface area contributed by atoms with E-state index in [-0.39, 0.29) is 0 Å². The normalized spacial score (nSPS) is 13.0. The maximum absolute atomic E-state index is 5.04. The zero-order valence-corrected chi connectivity index (χ0v) is 9.60. The number of hydrogen-bond acceptors (Lipinski definition) is 4. The molecule has 1 aliphatic rings. The lowest BCUT2D eigenvalue weighted by Crippen LogP contribution is -1.93. The molecule has 2 aromatic heterocycles. The number of rotatable bonds is 2. The van der Waals surface area contributed by atoms with Crippen molar-refractivity contribution < 1.29 is 4.74 Å². The minimum absolute atomic E-state index is 0.629. The molecule has 86 valence electrons. The van der Waals surface area contributed by atoms with Crippen LogP contribution >= 0.6 is 0 Å². The molecule has 1 aliphatic heterocycles. The molecule has 0 saturated carbocycles. The van der Waals surface area contributed by atoms with E-state index in [1.54, 1.807) is 7.11 Å². The van der Waals surface area contributed by atoms with E-state index in [4.69, 9.17) is 4.74 Å². The Morgan fingerprint density at radius 2 is 2.06 bits per heavy atom. The third-order valence-electron chi connectivity index (χ3n) is 2.93. The molecule has 0 amide bonds. The summed E-state index contributed by atoms with van der Waals surface area (Å²) in [6, 6.07) is 6.03. The van der Waals surface area contributed by atoms with Crippen molar-refractivity contribution in [2.45, 2.75) is 6.42 Å². The first-order valence-corrected chi connectivity index (χ1v) is 5.60. The molecule has 3 rings (SSSR count). The summed E-state index contributed by atoms with van der Waals surface area (Å²) >= 11 is 0. The molecule has 0 aromatic carbocycles. The molecule has 4 nitrogen and oxygen atoms in total. The van der Waals surface area contributed by atoms with Gasteiger partial charge in [-0.2, -0.15) is 0 Å². The molecule has 17 heavy (non-hydrogen) atoms. The van der Waals surface area contributed by atoms with Gasteiger partial charge in [0.1, 0.15) is 5.82 Å². The fraction of sp³-hybridized carbons (Fsp3) is 0.231. The molecule has 0 spiro atoms. The molecular formula is C13H13N3O. The van der Waals surface area contributed by atoms with Gasteiger partial charge >= 0.3 is 0 Å². The number of hydrogen-bond donors (Lipinski definition) is 1. The Kier molecular flexibility index (Phi) is 2.40. The van der Waals surface area contributed by atoms with Gasteiger partial charge in [0.15, 0.2) is 0 Å². The van der Waals surface area contributed by atoms with Gasteiger partial charge < -0.3 is 10.1 Å². The van der Waals surface area contributed by atoms with Crippen LogP contribution in [-0.2, 0) is 6.42 Å². The van der Waals surface area contributed by atoms with E-state index in [1.807, 2.05) is 24.5 Å². The molecule has 0 radical (unpaired) electrons. The van der Waals surface area contributed by atoms with Crippen molar-refractivity contribution in [3.8, 4) is 17.0 Å². The van der Waals surface area contributed by atoms with E-state index < -0.39 is 0 Å².